The predicted octanol–water partition coefficient (Wildman–Crippen LogP) is 4.14. The first-order valence-corrected chi connectivity index (χ1v) is 6.99. The molecule has 98 valence electrons. The highest BCUT2D eigenvalue weighted by Crippen LogP contribution is 2.34. The Hall–Kier alpha value is -1.83. The second-order valence-electron chi connectivity index (χ2n) is 5.12. The van der Waals surface area contributed by atoms with Gasteiger partial charge < -0.3 is 4.42 Å². The van der Waals surface area contributed by atoms with E-state index in [9.17, 15) is 4.79 Å². The van der Waals surface area contributed by atoms with Crippen molar-refractivity contribution in [3.05, 3.63) is 59.0 Å². The van der Waals surface area contributed by atoms with Crippen molar-refractivity contribution in [3.63, 3.8) is 0 Å². The quantitative estimate of drug-likeness (QED) is 0.770. The highest BCUT2D eigenvalue weighted by Gasteiger charge is 2.28. The first-order chi connectivity index (χ1) is 9.31. The summed E-state index contributed by atoms with van der Waals surface area (Å²) < 4.78 is 5.39. The smallest absolute Gasteiger partial charge is 0.173 e. The number of aryl methyl sites for hydroxylation is 2. The van der Waals surface area contributed by atoms with Crippen LogP contribution in [-0.2, 0) is 12.8 Å². The summed E-state index contributed by atoms with van der Waals surface area (Å²) >= 11 is 0. The lowest BCUT2D eigenvalue weighted by Crippen LogP contribution is -2.19. The van der Waals surface area contributed by atoms with Crippen LogP contribution in [0.2, 0.25) is 0 Å². The van der Waals surface area contributed by atoms with Gasteiger partial charge in [0, 0.05) is 12.3 Å². The van der Waals surface area contributed by atoms with Gasteiger partial charge in [-0.05, 0) is 36.5 Å². The molecule has 0 saturated heterocycles. The van der Waals surface area contributed by atoms with Gasteiger partial charge in [0.25, 0.3) is 0 Å². The molecule has 0 N–H and O–H groups in total. The topological polar surface area (TPSA) is 30.2 Å². The van der Waals surface area contributed by atoms with Gasteiger partial charge in [0.15, 0.2) is 5.78 Å². The molecule has 2 heteroatoms. The van der Waals surface area contributed by atoms with E-state index < -0.39 is 0 Å². The fourth-order valence-corrected chi connectivity index (χ4v) is 3.05. The van der Waals surface area contributed by atoms with Crippen LogP contribution in [0, 0.1) is 0 Å². The summed E-state index contributed by atoms with van der Waals surface area (Å²) in [5.41, 5.74) is 3.31. The van der Waals surface area contributed by atoms with E-state index in [1.807, 2.05) is 19.1 Å². The number of rotatable bonds is 3. The van der Waals surface area contributed by atoms with Gasteiger partial charge in [-0.2, -0.15) is 0 Å². The van der Waals surface area contributed by atoms with Crippen molar-refractivity contribution in [3.8, 4) is 0 Å². The van der Waals surface area contributed by atoms with Crippen molar-refractivity contribution in [2.45, 2.75) is 38.5 Å². The Balaban J connectivity index is 1.98. The number of ketones is 1. The number of carbonyl (C=O) groups excluding carboxylic acids is 1. The SMILES string of the molecule is CCc1occc1C(=O)C1CCCc2ccccc21. The van der Waals surface area contributed by atoms with Crippen LogP contribution in [0.15, 0.2) is 41.0 Å². The Morgan fingerprint density at radius 1 is 1.32 bits per heavy atom. The molecule has 0 bridgehead atoms. The van der Waals surface area contributed by atoms with Crippen LogP contribution >= 0.6 is 0 Å². The molecule has 0 spiro atoms. The number of Topliss-reactive ketones (excluding diaryl/α,β-unsaturated/α-hetero) is 1. The molecule has 1 unspecified atom stereocenters. The highest BCUT2D eigenvalue weighted by atomic mass is 16.3. The third-order valence-electron chi connectivity index (χ3n) is 4.02. The van der Waals surface area contributed by atoms with Crippen LogP contribution in [-0.4, -0.2) is 5.78 Å². The molecule has 0 radical (unpaired) electrons. The molecule has 1 atom stereocenters. The predicted molar refractivity (Wildman–Crippen MR) is 74.5 cm³/mol. The number of hydrogen-bond acceptors (Lipinski definition) is 2. The van der Waals surface area contributed by atoms with Crippen LogP contribution in [0.4, 0.5) is 0 Å². The number of carbonyl (C=O) groups is 1. The summed E-state index contributed by atoms with van der Waals surface area (Å²) in [5, 5.41) is 0. The molecule has 19 heavy (non-hydrogen) atoms. The molecule has 0 aliphatic heterocycles. The Bertz CT molecular complexity index is 595. The van der Waals surface area contributed by atoms with E-state index in [0.717, 1.165) is 37.0 Å². The van der Waals surface area contributed by atoms with Gasteiger partial charge in [-0.25, -0.2) is 0 Å². The van der Waals surface area contributed by atoms with Crippen LogP contribution in [0.3, 0.4) is 0 Å². The normalized spacial score (nSPS) is 18.1. The maximum absolute atomic E-state index is 12.7. The third-order valence-corrected chi connectivity index (χ3v) is 4.02. The summed E-state index contributed by atoms with van der Waals surface area (Å²) in [6, 6.07) is 10.1. The van der Waals surface area contributed by atoms with E-state index in [1.165, 1.54) is 11.1 Å². The summed E-state index contributed by atoms with van der Waals surface area (Å²) in [4.78, 5) is 12.7. The van der Waals surface area contributed by atoms with Gasteiger partial charge in [0.05, 0.1) is 11.8 Å². The Labute approximate surface area is 113 Å². The van der Waals surface area contributed by atoms with Crippen LogP contribution in [0.1, 0.15) is 52.9 Å². The summed E-state index contributed by atoms with van der Waals surface area (Å²) in [5.74, 6) is 1.04. The molecular formula is C17H18O2. The first kappa shape index (κ1) is 12.2. The minimum atomic E-state index is 0.00727. The van der Waals surface area contributed by atoms with Gasteiger partial charge in [-0.3, -0.25) is 4.79 Å². The van der Waals surface area contributed by atoms with Crippen LogP contribution in [0.5, 0.6) is 0 Å². The lowest BCUT2D eigenvalue weighted by atomic mass is 9.79. The lowest BCUT2D eigenvalue weighted by Gasteiger charge is -2.24. The maximum Gasteiger partial charge on any atom is 0.173 e. The van der Waals surface area contributed by atoms with E-state index >= 15 is 0 Å². The molecule has 0 fully saturated rings. The second kappa shape index (κ2) is 5.04. The molecule has 0 amide bonds. The van der Waals surface area contributed by atoms with Crippen molar-refractivity contribution in [1.82, 2.24) is 0 Å². The van der Waals surface area contributed by atoms with E-state index in [-0.39, 0.29) is 11.7 Å². The fourth-order valence-electron chi connectivity index (χ4n) is 3.05. The molecule has 1 heterocycles. The molecule has 1 aliphatic carbocycles. The standard InChI is InChI=1S/C17H18O2/c1-2-16-15(10-11-19-16)17(18)14-9-5-7-12-6-3-4-8-13(12)14/h3-4,6,8,10-11,14H,2,5,7,9H2,1H3. The van der Waals surface area contributed by atoms with Crippen molar-refractivity contribution in [2.24, 2.45) is 0 Å². The zero-order valence-electron chi connectivity index (χ0n) is 11.2. The Morgan fingerprint density at radius 2 is 2.16 bits per heavy atom. The molecule has 1 aromatic heterocycles. The molecule has 2 nitrogen and oxygen atoms in total. The maximum atomic E-state index is 12.7. The van der Waals surface area contributed by atoms with Gasteiger partial charge in [-0.1, -0.05) is 31.2 Å². The van der Waals surface area contributed by atoms with Gasteiger partial charge in [0.1, 0.15) is 5.76 Å². The van der Waals surface area contributed by atoms with Gasteiger partial charge in [0.2, 0.25) is 0 Å². The summed E-state index contributed by atoms with van der Waals surface area (Å²) in [6.45, 7) is 2.02. The molecule has 2 aromatic rings. The number of hydrogen-bond donors (Lipinski definition) is 0. The molecule has 3 rings (SSSR count). The van der Waals surface area contributed by atoms with Crippen molar-refractivity contribution >= 4 is 5.78 Å². The second-order valence-corrected chi connectivity index (χ2v) is 5.12. The average Bonchev–Trinajstić information content (AvgIpc) is 2.94. The van der Waals surface area contributed by atoms with E-state index in [2.05, 4.69) is 18.2 Å². The van der Waals surface area contributed by atoms with E-state index in [4.69, 9.17) is 4.42 Å². The van der Waals surface area contributed by atoms with Crippen LogP contribution in [0.25, 0.3) is 0 Å². The number of benzene rings is 1. The van der Waals surface area contributed by atoms with E-state index in [1.54, 1.807) is 6.26 Å². The van der Waals surface area contributed by atoms with Gasteiger partial charge >= 0.3 is 0 Å². The first-order valence-electron chi connectivity index (χ1n) is 6.99. The summed E-state index contributed by atoms with van der Waals surface area (Å²) in [6.07, 6.45) is 5.52. The Morgan fingerprint density at radius 3 is 3.00 bits per heavy atom. The van der Waals surface area contributed by atoms with E-state index in [0.29, 0.717) is 0 Å². The molecule has 1 aliphatic rings. The molecule has 1 aromatic carbocycles. The lowest BCUT2D eigenvalue weighted by molar-refractivity contribution is 0.0949. The third kappa shape index (κ3) is 2.12. The zero-order valence-corrected chi connectivity index (χ0v) is 11.2. The molecule has 0 saturated carbocycles. The fraction of sp³-hybridized carbons (Fsp3) is 0.353. The largest absolute Gasteiger partial charge is 0.469 e. The highest BCUT2D eigenvalue weighted by molar-refractivity contribution is 6.02. The monoisotopic (exact) mass is 254 g/mol. The van der Waals surface area contributed by atoms with Crippen LogP contribution < -0.4 is 0 Å². The van der Waals surface area contributed by atoms with Crippen molar-refractivity contribution in [1.29, 1.82) is 0 Å². The molecular weight excluding hydrogens is 236 g/mol. The Kier molecular flexibility index (Phi) is 3.24. The van der Waals surface area contributed by atoms with Crippen molar-refractivity contribution in [2.75, 3.05) is 0 Å². The zero-order chi connectivity index (χ0) is 13.2. The number of furan rings is 1. The average molecular weight is 254 g/mol. The minimum Gasteiger partial charge on any atom is -0.469 e. The van der Waals surface area contributed by atoms with Gasteiger partial charge in [-0.15, -0.1) is 0 Å². The minimum absolute atomic E-state index is 0.00727. The summed E-state index contributed by atoms with van der Waals surface area (Å²) in [7, 11) is 0. The van der Waals surface area contributed by atoms with Crippen molar-refractivity contribution < 1.29 is 9.21 Å². The number of fused-ring (bicyclic) bond motifs is 1.